The van der Waals surface area contributed by atoms with Gasteiger partial charge in [-0.05, 0) is 18.9 Å². The van der Waals surface area contributed by atoms with Gasteiger partial charge >= 0.3 is 5.97 Å². The highest BCUT2D eigenvalue weighted by Gasteiger charge is 2.40. The van der Waals surface area contributed by atoms with E-state index in [0.717, 1.165) is 25.7 Å². The maximum absolute atomic E-state index is 12.3. The normalized spacial score (nSPS) is 18.3. The van der Waals surface area contributed by atoms with Crippen LogP contribution >= 0.6 is 11.6 Å². The van der Waals surface area contributed by atoms with E-state index in [4.69, 9.17) is 11.6 Å². The highest BCUT2D eigenvalue weighted by atomic mass is 35.5. The Bertz CT molecular complexity index is 516. The van der Waals surface area contributed by atoms with E-state index in [-0.39, 0.29) is 5.91 Å². The van der Waals surface area contributed by atoms with Crippen LogP contribution in [0, 0.1) is 0 Å². The average molecular weight is 299 g/mol. The van der Waals surface area contributed by atoms with Gasteiger partial charge in [0.2, 0.25) is 0 Å². The van der Waals surface area contributed by atoms with Gasteiger partial charge in [0, 0.05) is 13.2 Å². The summed E-state index contributed by atoms with van der Waals surface area (Å²) in [4.78, 5) is 24.0. The van der Waals surface area contributed by atoms with E-state index in [0.29, 0.717) is 23.6 Å². The molecule has 0 radical (unpaired) electrons. The summed E-state index contributed by atoms with van der Waals surface area (Å²) in [6.45, 7) is 0. The van der Waals surface area contributed by atoms with Gasteiger partial charge in [0.05, 0.1) is 5.02 Å². The number of hydrogen-bond donors (Lipinski definition) is 2. The predicted molar refractivity (Wildman–Crippen MR) is 76.0 cm³/mol. The van der Waals surface area contributed by atoms with Gasteiger partial charge in [0.25, 0.3) is 5.91 Å². The Morgan fingerprint density at radius 1 is 1.30 bits per heavy atom. The zero-order chi connectivity index (χ0) is 14.8. The minimum atomic E-state index is -1.15. The minimum Gasteiger partial charge on any atom is -0.480 e. The number of carbonyl (C=O) groups excluding carboxylic acids is 1. The summed E-state index contributed by atoms with van der Waals surface area (Å²) in [6, 6.07) is 1.54. The first-order chi connectivity index (χ1) is 9.44. The molecule has 1 aromatic heterocycles. The summed E-state index contributed by atoms with van der Waals surface area (Å²) in [6.07, 6.45) is 6.25. The van der Waals surface area contributed by atoms with Crippen LogP contribution in [0.25, 0.3) is 0 Å². The van der Waals surface area contributed by atoms with Crippen molar-refractivity contribution in [3.05, 3.63) is 23.0 Å². The van der Waals surface area contributed by atoms with Crippen LogP contribution in [-0.4, -0.2) is 27.1 Å². The lowest BCUT2D eigenvalue weighted by Crippen LogP contribution is -2.54. The molecule has 6 heteroatoms. The average Bonchev–Trinajstić information content (AvgIpc) is 2.60. The number of carbonyl (C=O) groups is 2. The number of aromatic nitrogens is 1. The molecule has 1 aliphatic rings. The largest absolute Gasteiger partial charge is 0.480 e. The van der Waals surface area contributed by atoms with Gasteiger partial charge in [-0.15, -0.1) is 0 Å². The number of halogens is 1. The van der Waals surface area contributed by atoms with Gasteiger partial charge in [-0.3, -0.25) is 4.79 Å². The van der Waals surface area contributed by atoms with Crippen molar-refractivity contribution < 1.29 is 14.7 Å². The van der Waals surface area contributed by atoms with Gasteiger partial charge in [0.15, 0.2) is 0 Å². The Morgan fingerprint density at radius 3 is 2.35 bits per heavy atom. The van der Waals surface area contributed by atoms with Crippen LogP contribution in [0.1, 0.15) is 49.0 Å². The molecular weight excluding hydrogens is 280 g/mol. The first kappa shape index (κ1) is 14.9. The molecule has 1 saturated carbocycles. The molecule has 2 N–H and O–H groups in total. The van der Waals surface area contributed by atoms with Gasteiger partial charge in [-0.2, -0.15) is 0 Å². The van der Waals surface area contributed by atoms with Crippen LogP contribution in [0.15, 0.2) is 12.3 Å². The number of aryl methyl sites for hydroxylation is 1. The molecule has 110 valence electrons. The number of nitrogens with one attached hydrogen (secondary N) is 1. The molecule has 0 bridgehead atoms. The third kappa shape index (κ3) is 2.98. The molecule has 5 nitrogen and oxygen atoms in total. The van der Waals surface area contributed by atoms with E-state index in [2.05, 4.69) is 5.32 Å². The minimum absolute atomic E-state index is 0.375. The highest BCUT2D eigenvalue weighted by Crippen LogP contribution is 2.28. The molecule has 0 aliphatic heterocycles. The summed E-state index contributed by atoms with van der Waals surface area (Å²) < 4.78 is 1.60. The maximum Gasteiger partial charge on any atom is 0.329 e. The van der Waals surface area contributed by atoms with Crippen molar-refractivity contribution in [3.63, 3.8) is 0 Å². The Balaban J connectivity index is 2.21. The third-order valence-corrected chi connectivity index (χ3v) is 4.13. The highest BCUT2D eigenvalue weighted by molar-refractivity contribution is 6.31. The second kappa shape index (κ2) is 5.87. The van der Waals surface area contributed by atoms with Gasteiger partial charge in [-0.25, -0.2) is 4.79 Å². The molecule has 0 spiro atoms. The summed E-state index contributed by atoms with van der Waals surface area (Å²) in [7, 11) is 1.71. The van der Waals surface area contributed by atoms with Crippen molar-refractivity contribution in [2.45, 2.75) is 44.1 Å². The Hall–Kier alpha value is -1.49. The van der Waals surface area contributed by atoms with Gasteiger partial charge in [-0.1, -0.05) is 37.3 Å². The topological polar surface area (TPSA) is 71.3 Å². The molecule has 1 aromatic rings. The predicted octanol–water partition coefficient (Wildman–Crippen LogP) is 2.59. The number of amides is 1. The fourth-order valence-corrected chi connectivity index (χ4v) is 3.01. The van der Waals surface area contributed by atoms with E-state index in [1.165, 1.54) is 0 Å². The molecule has 1 aliphatic carbocycles. The van der Waals surface area contributed by atoms with Crippen LogP contribution in [0.3, 0.4) is 0 Å². The van der Waals surface area contributed by atoms with Crippen LogP contribution in [0.5, 0.6) is 0 Å². The molecule has 2 rings (SSSR count). The molecular formula is C14H19ClN2O3. The van der Waals surface area contributed by atoms with Gasteiger partial charge in [0.1, 0.15) is 11.2 Å². The Labute approximate surface area is 122 Å². The van der Waals surface area contributed by atoms with Crippen molar-refractivity contribution in [3.8, 4) is 0 Å². The standard InChI is InChI=1S/C14H19ClN2O3/c1-17-9-10(15)8-11(17)12(18)16-14(13(19)20)6-4-2-3-5-7-14/h8-9H,2-7H2,1H3,(H,16,18)(H,19,20). The lowest BCUT2D eigenvalue weighted by molar-refractivity contribution is -0.145. The second-order valence-electron chi connectivity index (χ2n) is 5.41. The molecule has 20 heavy (non-hydrogen) atoms. The molecule has 1 fully saturated rings. The van der Waals surface area contributed by atoms with Crippen LogP contribution in [-0.2, 0) is 11.8 Å². The first-order valence-corrected chi connectivity index (χ1v) is 7.20. The van der Waals surface area contributed by atoms with Crippen molar-refractivity contribution >= 4 is 23.5 Å². The third-order valence-electron chi connectivity index (χ3n) is 3.92. The summed E-state index contributed by atoms with van der Waals surface area (Å²) in [5.41, 5.74) is -0.774. The Morgan fingerprint density at radius 2 is 1.90 bits per heavy atom. The molecule has 0 aromatic carbocycles. The van der Waals surface area contributed by atoms with Crippen LogP contribution in [0.2, 0.25) is 5.02 Å². The molecule has 1 amide bonds. The summed E-state index contributed by atoms with van der Waals surface area (Å²) in [5, 5.41) is 12.7. The van der Waals surface area contributed by atoms with E-state index in [1.807, 2.05) is 0 Å². The number of hydrogen-bond acceptors (Lipinski definition) is 2. The van der Waals surface area contributed by atoms with E-state index in [9.17, 15) is 14.7 Å². The summed E-state index contributed by atoms with van der Waals surface area (Å²) in [5.74, 6) is -1.34. The molecule has 1 heterocycles. The SMILES string of the molecule is Cn1cc(Cl)cc1C(=O)NC1(C(=O)O)CCCCCC1. The number of nitrogens with zero attached hydrogens (tertiary/aromatic N) is 1. The van der Waals surface area contributed by atoms with Crippen molar-refractivity contribution in [1.29, 1.82) is 0 Å². The van der Waals surface area contributed by atoms with Crippen molar-refractivity contribution in [2.24, 2.45) is 7.05 Å². The van der Waals surface area contributed by atoms with E-state index < -0.39 is 11.5 Å². The fourth-order valence-electron chi connectivity index (χ4n) is 2.76. The monoisotopic (exact) mass is 298 g/mol. The molecule has 0 unspecified atom stereocenters. The smallest absolute Gasteiger partial charge is 0.329 e. The maximum atomic E-state index is 12.3. The van der Waals surface area contributed by atoms with Gasteiger partial charge < -0.3 is 15.0 Å². The van der Waals surface area contributed by atoms with E-state index in [1.54, 1.807) is 23.9 Å². The fraction of sp³-hybridized carbons (Fsp3) is 0.571. The van der Waals surface area contributed by atoms with Crippen LogP contribution < -0.4 is 5.32 Å². The number of aliphatic carboxylic acids is 1. The number of rotatable bonds is 3. The Kier molecular flexibility index (Phi) is 4.38. The first-order valence-electron chi connectivity index (χ1n) is 6.82. The molecule has 0 atom stereocenters. The number of carboxylic acids is 1. The van der Waals surface area contributed by atoms with E-state index >= 15 is 0 Å². The lowest BCUT2D eigenvalue weighted by Gasteiger charge is -2.29. The zero-order valence-electron chi connectivity index (χ0n) is 11.5. The van der Waals surface area contributed by atoms with Crippen molar-refractivity contribution in [2.75, 3.05) is 0 Å². The lowest BCUT2D eigenvalue weighted by atomic mass is 9.90. The molecule has 0 saturated heterocycles. The number of carboxylic acid groups (broad SMARTS) is 1. The van der Waals surface area contributed by atoms with Crippen molar-refractivity contribution in [1.82, 2.24) is 9.88 Å². The quantitative estimate of drug-likeness (QED) is 0.843. The zero-order valence-corrected chi connectivity index (χ0v) is 12.2. The summed E-state index contributed by atoms with van der Waals surface area (Å²) >= 11 is 5.86. The van der Waals surface area contributed by atoms with Crippen LogP contribution in [0.4, 0.5) is 0 Å². The second-order valence-corrected chi connectivity index (χ2v) is 5.85.